The summed E-state index contributed by atoms with van der Waals surface area (Å²) in [6.45, 7) is -0.486. The number of sulfonamides is 1. The lowest BCUT2D eigenvalue weighted by molar-refractivity contribution is 0.482. The van der Waals surface area contributed by atoms with Crippen LogP contribution in [0.15, 0.2) is 23.1 Å². The fraction of sp³-hybridized carbons (Fsp3) is 0.250. The summed E-state index contributed by atoms with van der Waals surface area (Å²) >= 11 is 5.68. The second-order valence-electron chi connectivity index (χ2n) is 3.33. The van der Waals surface area contributed by atoms with Crippen LogP contribution in [0.25, 0.3) is 0 Å². The van der Waals surface area contributed by atoms with E-state index >= 15 is 0 Å². The summed E-state index contributed by atoms with van der Waals surface area (Å²) in [4.78, 5) is -0.313. The van der Waals surface area contributed by atoms with Crippen molar-refractivity contribution in [1.29, 1.82) is 0 Å². The van der Waals surface area contributed by atoms with Gasteiger partial charge in [0.15, 0.2) is 0 Å². The van der Waals surface area contributed by atoms with Gasteiger partial charge in [0.05, 0.1) is 16.5 Å². The normalized spacial score (nSPS) is 12.6. The summed E-state index contributed by atoms with van der Waals surface area (Å²) in [6.07, 6.45) is 0. The highest BCUT2D eigenvalue weighted by atomic mass is 35.5. The van der Waals surface area contributed by atoms with Crippen molar-refractivity contribution in [1.82, 2.24) is 10.5 Å². The fourth-order valence-electron chi connectivity index (χ4n) is 1.09. The molecule has 3 N–H and O–H groups in total. The van der Waals surface area contributed by atoms with E-state index in [0.29, 0.717) is 0 Å². The van der Waals surface area contributed by atoms with Crippen LogP contribution in [-0.2, 0) is 20.1 Å². The van der Waals surface area contributed by atoms with Crippen molar-refractivity contribution in [3.63, 3.8) is 0 Å². The van der Waals surface area contributed by atoms with Gasteiger partial charge < -0.3 is 5.73 Å². The van der Waals surface area contributed by atoms with Crippen LogP contribution >= 0.6 is 11.6 Å². The second kappa shape index (κ2) is 5.41. The third-order valence-electron chi connectivity index (χ3n) is 1.87. The summed E-state index contributed by atoms with van der Waals surface area (Å²) in [7, 11) is -8.26. The maximum atomic E-state index is 11.7. The van der Waals surface area contributed by atoms with Crippen molar-refractivity contribution in [2.45, 2.75) is 4.90 Å². The molecule has 18 heavy (non-hydrogen) atoms. The van der Waals surface area contributed by atoms with Crippen LogP contribution in [0.3, 0.4) is 0 Å². The Morgan fingerprint density at radius 3 is 2.44 bits per heavy atom. The van der Waals surface area contributed by atoms with Crippen LogP contribution in [0.4, 0.5) is 5.69 Å². The highest BCUT2D eigenvalue weighted by Gasteiger charge is 2.18. The highest BCUT2D eigenvalue weighted by molar-refractivity contribution is 7.89. The van der Waals surface area contributed by atoms with E-state index < -0.39 is 32.4 Å². The molecule has 1 aromatic rings. The van der Waals surface area contributed by atoms with E-state index in [-0.39, 0.29) is 15.6 Å². The highest BCUT2D eigenvalue weighted by Crippen LogP contribution is 2.23. The molecule has 0 atom stereocenters. The Kier molecular flexibility index (Phi) is 4.56. The Morgan fingerprint density at radius 1 is 1.28 bits per heavy atom. The van der Waals surface area contributed by atoms with Gasteiger partial charge in [0.2, 0.25) is 10.0 Å². The number of benzene rings is 1. The van der Waals surface area contributed by atoms with Crippen LogP contribution in [0.1, 0.15) is 0 Å². The number of nitrogens with one attached hydrogen (secondary N) is 2. The summed E-state index contributed by atoms with van der Waals surface area (Å²) < 4.78 is 54.8. The van der Waals surface area contributed by atoms with Gasteiger partial charge in [0.1, 0.15) is 4.90 Å². The quantitative estimate of drug-likeness (QED) is 0.762. The van der Waals surface area contributed by atoms with E-state index in [1.54, 1.807) is 0 Å². The molecule has 7 nitrogen and oxygen atoms in total. The fourth-order valence-corrected chi connectivity index (χ4v) is 3.14. The lowest BCUT2D eigenvalue weighted by atomic mass is 10.3. The van der Waals surface area contributed by atoms with Gasteiger partial charge in [-0.2, -0.15) is 8.42 Å². The molecule has 0 aliphatic heterocycles. The van der Waals surface area contributed by atoms with Gasteiger partial charge in [-0.3, -0.25) is 4.55 Å². The number of halogens is 1. The monoisotopic (exact) mass is 313 g/mol. The molecule has 0 bridgehead atoms. The zero-order valence-corrected chi connectivity index (χ0v) is 11.3. The predicted octanol–water partition coefficient (Wildman–Crippen LogP) is 0.421. The number of hydrogen-bond acceptors (Lipinski definition) is 4. The van der Waals surface area contributed by atoms with Gasteiger partial charge in [-0.25, -0.2) is 13.1 Å². The molecule has 0 heterocycles. The SMILES string of the molecule is [NH]c1ccc(Cl)c(S(=O)(=O)NCCS(=O)(=O)O)c1. The van der Waals surface area contributed by atoms with Gasteiger partial charge in [0.25, 0.3) is 10.1 Å². The van der Waals surface area contributed by atoms with Crippen LogP contribution in [0.2, 0.25) is 5.02 Å². The standard InChI is InChI=1S/C8H10ClN2O5S2/c9-7-2-1-6(10)5-8(7)18(15,16)11-3-4-17(12,13)14/h1-2,5,10-11H,3-4H2,(H,12,13,14). The summed E-state index contributed by atoms with van der Waals surface area (Å²) in [5, 5.41) is -0.0784. The van der Waals surface area contributed by atoms with E-state index in [0.717, 1.165) is 6.07 Å². The second-order valence-corrected chi connectivity index (χ2v) is 7.04. The summed E-state index contributed by atoms with van der Waals surface area (Å²) in [5.41, 5.74) is 7.26. The molecule has 101 valence electrons. The molecule has 0 fully saturated rings. The molecule has 1 aromatic carbocycles. The van der Waals surface area contributed by atoms with Crippen LogP contribution in [0, 0.1) is 0 Å². The van der Waals surface area contributed by atoms with Crippen molar-refractivity contribution >= 4 is 37.4 Å². The van der Waals surface area contributed by atoms with Crippen LogP contribution in [-0.4, -0.2) is 33.7 Å². The lowest BCUT2D eigenvalue weighted by Crippen LogP contribution is -2.29. The molecule has 10 heteroatoms. The van der Waals surface area contributed by atoms with E-state index in [4.69, 9.17) is 21.9 Å². The lowest BCUT2D eigenvalue weighted by Gasteiger charge is -2.08. The molecule has 0 aliphatic carbocycles. The molecular weight excluding hydrogens is 304 g/mol. The first-order valence-electron chi connectivity index (χ1n) is 4.58. The van der Waals surface area contributed by atoms with E-state index in [1.165, 1.54) is 12.1 Å². The van der Waals surface area contributed by atoms with Crippen molar-refractivity contribution in [2.75, 3.05) is 12.3 Å². The maximum absolute atomic E-state index is 11.7. The average Bonchev–Trinajstić information content (AvgIpc) is 2.19. The minimum atomic E-state index is -4.24. The molecule has 0 saturated carbocycles. The first-order chi connectivity index (χ1) is 8.12. The maximum Gasteiger partial charge on any atom is 0.266 e. The molecule has 0 unspecified atom stereocenters. The topological polar surface area (TPSA) is 124 Å². The van der Waals surface area contributed by atoms with Crippen molar-refractivity contribution in [2.24, 2.45) is 0 Å². The van der Waals surface area contributed by atoms with Crippen molar-refractivity contribution in [3.8, 4) is 0 Å². The zero-order chi connectivity index (χ0) is 14.0. The van der Waals surface area contributed by atoms with Crippen LogP contribution < -0.4 is 10.5 Å². The van der Waals surface area contributed by atoms with E-state index in [1.807, 2.05) is 4.72 Å². The van der Waals surface area contributed by atoms with Gasteiger partial charge in [-0.15, -0.1) is 0 Å². The molecule has 0 amide bonds. The summed E-state index contributed by atoms with van der Waals surface area (Å²) in [5.74, 6) is -0.746. The number of hydrogen-bond donors (Lipinski definition) is 2. The Labute approximate surface area is 110 Å². The smallest absolute Gasteiger partial charge is 0.266 e. The number of rotatable bonds is 5. The Bertz CT molecular complexity index is 641. The van der Waals surface area contributed by atoms with Gasteiger partial charge in [0, 0.05) is 6.54 Å². The zero-order valence-electron chi connectivity index (χ0n) is 8.92. The molecule has 0 aromatic heterocycles. The minimum Gasteiger partial charge on any atom is -0.301 e. The van der Waals surface area contributed by atoms with Gasteiger partial charge in [-0.05, 0) is 18.2 Å². The Hall–Kier alpha value is -0.870. The predicted molar refractivity (Wildman–Crippen MR) is 65.8 cm³/mol. The first kappa shape index (κ1) is 15.2. The molecular formula is C8H10ClN2O5S2. The van der Waals surface area contributed by atoms with Gasteiger partial charge >= 0.3 is 0 Å². The molecule has 0 saturated heterocycles. The van der Waals surface area contributed by atoms with Crippen molar-refractivity contribution in [3.05, 3.63) is 23.2 Å². The molecule has 1 radical (unpaired) electrons. The van der Waals surface area contributed by atoms with E-state index in [9.17, 15) is 16.8 Å². The Morgan fingerprint density at radius 2 is 1.89 bits per heavy atom. The van der Waals surface area contributed by atoms with Crippen LogP contribution in [0.5, 0.6) is 0 Å². The first-order valence-corrected chi connectivity index (χ1v) is 8.05. The third-order valence-corrected chi connectivity index (χ3v) is 4.54. The minimum absolute atomic E-state index is 0.0467. The molecule has 1 rings (SSSR count). The van der Waals surface area contributed by atoms with E-state index in [2.05, 4.69) is 0 Å². The Balaban J connectivity index is 2.90. The van der Waals surface area contributed by atoms with Gasteiger partial charge in [-0.1, -0.05) is 11.6 Å². The third kappa shape index (κ3) is 4.42. The average molecular weight is 314 g/mol. The summed E-state index contributed by atoms with van der Waals surface area (Å²) in [6, 6.07) is 3.61. The molecule has 0 spiro atoms. The van der Waals surface area contributed by atoms with Crippen molar-refractivity contribution < 1.29 is 21.4 Å². The molecule has 0 aliphatic rings. The largest absolute Gasteiger partial charge is 0.301 e.